The molecule has 1 saturated heterocycles. The Hall–Kier alpha value is -1.97. The number of likely N-dealkylation sites (tertiary alicyclic amines) is 1. The third-order valence-corrected chi connectivity index (χ3v) is 7.20. The monoisotopic (exact) mass is 424 g/mol. The van der Waals surface area contributed by atoms with Gasteiger partial charge in [0.1, 0.15) is 0 Å². The first kappa shape index (κ1) is 23.3. The molecule has 0 spiro atoms. The molecule has 1 unspecified atom stereocenters. The van der Waals surface area contributed by atoms with Crippen LogP contribution in [0, 0.1) is 5.92 Å². The Labute approximate surface area is 173 Å². The number of nitrogens with one attached hydrogen (secondary N) is 2. The minimum Gasteiger partial charge on any atom is -0.354 e. The van der Waals surface area contributed by atoms with E-state index in [0.717, 1.165) is 25.9 Å². The van der Waals surface area contributed by atoms with Crippen molar-refractivity contribution in [3.05, 3.63) is 29.8 Å². The maximum Gasteiger partial charge on any atom is 0.251 e. The van der Waals surface area contributed by atoms with Gasteiger partial charge in [-0.15, -0.1) is 0 Å². The number of hydrogen-bond acceptors (Lipinski definition) is 5. The first-order chi connectivity index (χ1) is 13.8. The molecule has 2 N–H and O–H groups in total. The first-order valence-electron chi connectivity index (χ1n) is 10.1. The van der Waals surface area contributed by atoms with Crippen LogP contribution in [0.5, 0.6) is 0 Å². The molecule has 0 aliphatic carbocycles. The molecule has 1 aliphatic heterocycles. The van der Waals surface area contributed by atoms with Crippen LogP contribution < -0.4 is 10.6 Å². The molecule has 1 atom stereocenters. The number of nitrogens with zero attached hydrogens (tertiary/aromatic N) is 2. The molecule has 0 aromatic heterocycles. The number of amides is 2. The molecule has 0 bridgehead atoms. The zero-order valence-corrected chi connectivity index (χ0v) is 18.3. The number of piperidine rings is 1. The fraction of sp³-hybridized carbons (Fsp3) is 0.600. The highest BCUT2D eigenvalue weighted by atomic mass is 32.2. The van der Waals surface area contributed by atoms with Crippen molar-refractivity contribution in [3.8, 4) is 0 Å². The molecule has 162 valence electrons. The van der Waals surface area contributed by atoms with Crippen LogP contribution in [0.3, 0.4) is 0 Å². The molecule has 1 fully saturated rings. The smallest absolute Gasteiger partial charge is 0.251 e. The van der Waals surface area contributed by atoms with Crippen molar-refractivity contribution in [2.24, 2.45) is 5.92 Å². The second-order valence-electron chi connectivity index (χ2n) is 7.37. The lowest BCUT2D eigenvalue weighted by atomic mass is 9.98. The van der Waals surface area contributed by atoms with Crippen LogP contribution in [0.25, 0.3) is 0 Å². The number of sulfonamides is 1. The van der Waals surface area contributed by atoms with Crippen LogP contribution in [0.1, 0.15) is 37.0 Å². The molecule has 0 radical (unpaired) electrons. The fourth-order valence-corrected chi connectivity index (χ4v) is 5.04. The predicted octanol–water partition coefficient (Wildman–Crippen LogP) is 0.905. The van der Waals surface area contributed by atoms with Gasteiger partial charge in [0, 0.05) is 31.7 Å². The summed E-state index contributed by atoms with van der Waals surface area (Å²) < 4.78 is 26.6. The lowest BCUT2D eigenvalue weighted by Crippen LogP contribution is -2.42. The third kappa shape index (κ3) is 6.52. The zero-order chi connectivity index (χ0) is 21.4. The van der Waals surface area contributed by atoms with Crippen molar-refractivity contribution in [2.75, 3.05) is 46.3 Å². The number of rotatable bonds is 9. The van der Waals surface area contributed by atoms with E-state index in [1.807, 2.05) is 0 Å². The molecule has 8 nitrogen and oxygen atoms in total. The molecule has 1 heterocycles. The lowest BCUT2D eigenvalue weighted by molar-refractivity contribution is -0.120. The number of hydrogen-bond donors (Lipinski definition) is 2. The molecular formula is C20H32N4O4S. The van der Waals surface area contributed by atoms with Gasteiger partial charge in [-0.2, -0.15) is 4.31 Å². The normalized spacial score (nSPS) is 17.9. The molecule has 1 aliphatic rings. The molecule has 29 heavy (non-hydrogen) atoms. The van der Waals surface area contributed by atoms with Crippen molar-refractivity contribution in [3.63, 3.8) is 0 Å². The minimum absolute atomic E-state index is 0.0692. The standard InChI is InChI=1S/C20H32N4O4S/c1-4-24(5-2)29(27,28)18-10-6-9-17(12-18)20(26)22-14-19(25)21-13-16-8-7-11-23(3)15-16/h6,9-10,12,16H,4-5,7-8,11,13-15H2,1-3H3,(H,21,25)(H,22,26). The van der Waals surface area contributed by atoms with E-state index in [-0.39, 0.29) is 22.9 Å². The number of carbonyl (C=O) groups excluding carboxylic acids is 2. The second-order valence-corrected chi connectivity index (χ2v) is 9.31. The highest BCUT2D eigenvalue weighted by molar-refractivity contribution is 7.89. The molecule has 0 saturated carbocycles. The van der Waals surface area contributed by atoms with Gasteiger partial charge >= 0.3 is 0 Å². The van der Waals surface area contributed by atoms with E-state index < -0.39 is 15.9 Å². The summed E-state index contributed by atoms with van der Waals surface area (Å²) in [6.45, 7) is 6.73. The maximum absolute atomic E-state index is 12.6. The van der Waals surface area contributed by atoms with Gasteiger partial charge in [0.05, 0.1) is 11.4 Å². The summed E-state index contributed by atoms with van der Waals surface area (Å²) in [6, 6.07) is 5.88. The second kappa shape index (κ2) is 10.7. The van der Waals surface area contributed by atoms with E-state index in [1.54, 1.807) is 13.8 Å². The van der Waals surface area contributed by atoms with Crippen LogP contribution in [-0.4, -0.2) is 75.8 Å². The average Bonchev–Trinajstić information content (AvgIpc) is 2.71. The van der Waals surface area contributed by atoms with E-state index >= 15 is 0 Å². The van der Waals surface area contributed by atoms with Crippen LogP contribution >= 0.6 is 0 Å². The van der Waals surface area contributed by atoms with E-state index in [2.05, 4.69) is 22.6 Å². The Morgan fingerprint density at radius 3 is 2.59 bits per heavy atom. The van der Waals surface area contributed by atoms with Crippen molar-refractivity contribution in [1.29, 1.82) is 0 Å². The van der Waals surface area contributed by atoms with Gasteiger partial charge in [0.15, 0.2) is 0 Å². The highest BCUT2D eigenvalue weighted by Crippen LogP contribution is 2.17. The predicted molar refractivity (Wildman–Crippen MR) is 112 cm³/mol. The topological polar surface area (TPSA) is 98.8 Å². The van der Waals surface area contributed by atoms with Crippen molar-refractivity contribution in [2.45, 2.75) is 31.6 Å². The van der Waals surface area contributed by atoms with Crippen LogP contribution in [0.2, 0.25) is 0 Å². The SMILES string of the molecule is CCN(CC)S(=O)(=O)c1cccc(C(=O)NCC(=O)NCC2CCCN(C)C2)c1. The van der Waals surface area contributed by atoms with E-state index in [4.69, 9.17) is 0 Å². The largest absolute Gasteiger partial charge is 0.354 e. The van der Waals surface area contributed by atoms with Crippen molar-refractivity contribution < 1.29 is 18.0 Å². The molecule has 1 aromatic rings. The number of benzene rings is 1. The molecule has 1 aromatic carbocycles. The maximum atomic E-state index is 12.6. The van der Waals surface area contributed by atoms with Gasteiger partial charge in [0.2, 0.25) is 15.9 Å². The fourth-order valence-electron chi connectivity index (χ4n) is 3.53. The van der Waals surface area contributed by atoms with Gasteiger partial charge in [-0.3, -0.25) is 9.59 Å². The molecule has 2 rings (SSSR count). The van der Waals surface area contributed by atoms with E-state index in [9.17, 15) is 18.0 Å². The average molecular weight is 425 g/mol. The summed E-state index contributed by atoms with van der Waals surface area (Å²) in [4.78, 5) is 26.8. The summed E-state index contributed by atoms with van der Waals surface area (Å²) >= 11 is 0. The Morgan fingerprint density at radius 2 is 1.93 bits per heavy atom. The van der Waals surface area contributed by atoms with Gasteiger partial charge in [-0.1, -0.05) is 19.9 Å². The molecule has 2 amide bonds. The van der Waals surface area contributed by atoms with Crippen LogP contribution in [0.15, 0.2) is 29.2 Å². The zero-order valence-electron chi connectivity index (χ0n) is 17.5. The van der Waals surface area contributed by atoms with E-state index in [0.29, 0.717) is 25.6 Å². The third-order valence-electron chi connectivity index (χ3n) is 5.16. The summed E-state index contributed by atoms with van der Waals surface area (Å²) in [5.41, 5.74) is 0.208. The van der Waals surface area contributed by atoms with Gasteiger partial charge in [-0.25, -0.2) is 8.42 Å². The Morgan fingerprint density at radius 1 is 1.21 bits per heavy atom. The van der Waals surface area contributed by atoms with Crippen molar-refractivity contribution >= 4 is 21.8 Å². The Balaban J connectivity index is 1.90. The Bertz CT molecular complexity index is 808. The quantitative estimate of drug-likeness (QED) is 0.614. The number of carbonyl (C=O) groups is 2. The lowest BCUT2D eigenvalue weighted by Gasteiger charge is -2.29. The summed E-state index contributed by atoms with van der Waals surface area (Å²) in [5, 5.41) is 5.42. The molecule has 9 heteroatoms. The highest BCUT2D eigenvalue weighted by Gasteiger charge is 2.23. The van der Waals surface area contributed by atoms with Crippen LogP contribution in [0.4, 0.5) is 0 Å². The first-order valence-corrected chi connectivity index (χ1v) is 11.6. The Kier molecular flexibility index (Phi) is 8.60. The van der Waals surface area contributed by atoms with Gasteiger partial charge in [-0.05, 0) is 50.6 Å². The molecular weight excluding hydrogens is 392 g/mol. The van der Waals surface area contributed by atoms with E-state index in [1.165, 1.54) is 28.6 Å². The summed E-state index contributed by atoms with van der Waals surface area (Å²) in [7, 11) is -1.57. The van der Waals surface area contributed by atoms with Gasteiger partial charge in [0.25, 0.3) is 5.91 Å². The minimum atomic E-state index is -3.64. The van der Waals surface area contributed by atoms with Crippen molar-refractivity contribution in [1.82, 2.24) is 19.8 Å². The van der Waals surface area contributed by atoms with Crippen LogP contribution in [-0.2, 0) is 14.8 Å². The summed E-state index contributed by atoms with van der Waals surface area (Å²) in [6.07, 6.45) is 2.21. The summed E-state index contributed by atoms with van der Waals surface area (Å²) in [5.74, 6) is -0.303. The van der Waals surface area contributed by atoms with Gasteiger partial charge < -0.3 is 15.5 Å².